The normalized spacial score (nSPS) is 14.3. The van der Waals surface area contributed by atoms with Gasteiger partial charge in [-0.15, -0.1) is 6.58 Å². The van der Waals surface area contributed by atoms with E-state index < -0.39 is 0 Å². The molecule has 0 radical (unpaired) electrons. The molecule has 0 bridgehead atoms. The van der Waals surface area contributed by atoms with Crippen LogP contribution in [-0.4, -0.2) is 16.0 Å². The Morgan fingerprint density at radius 3 is 2.70 bits per heavy atom. The molecule has 4 heteroatoms. The molecule has 1 aliphatic rings. The quantitative estimate of drug-likeness (QED) is 0.464. The summed E-state index contributed by atoms with van der Waals surface area (Å²) < 4.78 is 2.20. The van der Waals surface area contributed by atoms with E-state index in [-0.39, 0.29) is 17.4 Å². The zero-order valence-corrected chi connectivity index (χ0v) is 13.0. The zero-order chi connectivity index (χ0) is 16.2. The van der Waals surface area contributed by atoms with E-state index in [1.165, 1.54) is 11.3 Å². The van der Waals surface area contributed by atoms with Crippen LogP contribution in [0.15, 0.2) is 61.2 Å². The number of rotatable bonds is 6. The van der Waals surface area contributed by atoms with Gasteiger partial charge in [0, 0.05) is 29.3 Å². The molecule has 1 heterocycles. The number of nitro groups is 1. The van der Waals surface area contributed by atoms with Crippen molar-refractivity contribution >= 4 is 0 Å². The molecule has 1 atom stereocenters. The minimum atomic E-state index is -0.239. The number of benzene rings is 1. The highest BCUT2D eigenvalue weighted by Gasteiger charge is 2.26. The Kier molecular flexibility index (Phi) is 4.42. The van der Waals surface area contributed by atoms with Crippen molar-refractivity contribution in [2.45, 2.75) is 25.3 Å². The number of nitrogens with zero attached hydrogens (tertiary/aromatic N) is 2. The van der Waals surface area contributed by atoms with Crippen molar-refractivity contribution in [1.82, 2.24) is 4.57 Å². The third-order valence-electron chi connectivity index (χ3n) is 4.35. The van der Waals surface area contributed by atoms with Crippen molar-refractivity contribution < 1.29 is 4.92 Å². The monoisotopic (exact) mass is 308 g/mol. The molecule has 2 aromatic rings. The molecule has 4 nitrogen and oxygen atoms in total. The minimum Gasteiger partial charge on any atom is -0.343 e. The van der Waals surface area contributed by atoms with E-state index in [9.17, 15) is 10.1 Å². The summed E-state index contributed by atoms with van der Waals surface area (Å²) >= 11 is 0. The van der Waals surface area contributed by atoms with Crippen molar-refractivity contribution in [3.8, 4) is 0 Å². The molecule has 0 fully saturated rings. The number of hydrogen-bond donors (Lipinski definition) is 0. The van der Waals surface area contributed by atoms with E-state index in [1.807, 2.05) is 36.4 Å². The van der Waals surface area contributed by atoms with Gasteiger partial charge in [-0.05, 0) is 23.6 Å². The molecule has 3 rings (SSSR count). The van der Waals surface area contributed by atoms with Gasteiger partial charge < -0.3 is 4.57 Å². The van der Waals surface area contributed by atoms with Gasteiger partial charge in [-0.1, -0.05) is 48.6 Å². The lowest BCUT2D eigenvalue weighted by atomic mass is 9.95. The molecule has 0 saturated heterocycles. The highest BCUT2D eigenvalue weighted by molar-refractivity contribution is 5.40. The van der Waals surface area contributed by atoms with Gasteiger partial charge >= 0.3 is 0 Å². The highest BCUT2D eigenvalue weighted by atomic mass is 16.6. The summed E-state index contributed by atoms with van der Waals surface area (Å²) in [6.45, 7) is 4.43. The van der Waals surface area contributed by atoms with E-state index in [0.717, 1.165) is 24.1 Å². The Balaban J connectivity index is 2.10. The molecular weight excluding hydrogens is 288 g/mol. The maximum Gasteiger partial charge on any atom is 0.216 e. The third kappa shape index (κ3) is 3.11. The second-order valence-corrected chi connectivity index (χ2v) is 5.80. The fourth-order valence-electron chi connectivity index (χ4n) is 3.33. The summed E-state index contributed by atoms with van der Waals surface area (Å²) in [7, 11) is 0. The van der Waals surface area contributed by atoms with Crippen LogP contribution in [0.1, 0.15) is 28.4 Å². The maximum absolute atomic E-state index is 11.2. The molecule has 0 N–H and O–H groups in total. The van der Waals surface area contributed by atoms with Crippen LogP contribution in [0.4, 0.5) is 0 Å². The molecule has 1 aromatic heterocycles. The maximum atomic E-state index is 11.2. The van der Waals surface area contributed by atoms with Gasteiger partial charge in [0.2, 0.25) is 6.54 Å². The first kappa shape index (κ1) is 15.3. The molecule has 118 valence electrons. The van der Waals surface area contributed by atoms with Crippen LogP contribution in [0, 0.1) is 10.1 Å². The van der Waals surface area contributed by atoms with Crippen LogP contribution >= 0.6 is 0 Å². The Morgan fingerprint density at radius 2 is 2.00 bits per heavy atom. The first-order valence-corrected chi connectivity index (χ1v) is 7.84. The van der Waals surface area contributed by atoms with Gasteiger partial charge in [-0.3, -0.25) is 10.1 Å². The van der Waals surface area contributed by atoms with Gasteiger partial charge in [-0.2, -0.15) is 0 Å². The Labute approximate surface area is 135 Å². The van der Waals surface area contributed by atoms with E-state index in [1.54, 1.807) is 0 Å². The van der Waals surface area contributed by atoms with E-state index in [4.69, 9.17) is 0 Å². The number of hydrogen-bond acceptors (Lipinski definition) is 2. The summed E-state index contributed by atoms with van der Waals surface area (Å²) in [5, 5.41) is 11.2. The van der Waals surface area contributed by atoms with Gasteiger partial charge in [0.15, 0.2) is 0 Å². The molecule has 23 heavy (non-hydrogen) atoms. The molecule has 1 unspecified atom stereocenters. The fraction of sp³-hybridized carbons (Fsp3) is 0.263. The summed E-state index contributed by atoms with van der Waals surface area (Å²) in [6.07, 6.45) is 7.96. The lowest BCUT2D eigenvalue weighted by molar-refractivity contribution is -0.482. The molecular formula is C19H20N2O2. The molecule has 1 aliphatic carbocycles. The van der Waals surface area contributed by atoms with Gasteiger partial charge in [0.1, 0.15) is 0 Å². The highest BCUT2D eigenvalue weighted by Crippen LogP contribution is 2.31. The SMILES string of the molecule is C=CCn1c(C(C[N+](=O)[O-])c2ccccc2)cc2c1CC=CC2. The summed E-state index contributed by atoms with van der Waals surface area (Å²) in [4.78, 5) is 11.0. The van der Waals surface area contributed by atoms with Gasteiger partial charge in [0.05, 0.1) is 5.92 Å². The van der Waals surface area contributed by atoms with Gasteiger partial charge in [-0.25, -0.2) is 0 Å². The number of fused-ring (bicyclic) bond motifs is 1. The predicted molar refractivity (Wildman–Crippen MR) is 91.3 cm³/mol. The smallest absolute Gasteiger partial charge is 0.216 e. The van der Waals surface area contributed by atoms with Crippen LogP contribution in [-0.2, 0) is 19.4 Å². The van der Waals surface area contributed by atoms with E-state index in [0.29, 0.717) is 6.54 Å². The average molecular weight is 308 g/mol. The number of allylic oxidation sites excluding steroid dienone is 3. The van der Waals surface area contributed by atoms with E-state index in [2.05, 4.69) is 29.4 Å². The minimum absolute atomic E-state index is 0.0997. The Bertz CT molecular complexity index is 744. The average Bonchev–Trinajstić information content (AvgIpc) is 2.92. The number of aromatic nitrogens is 1. The van der Waals surface area contributed by atoms with Crippen molar-refractivity contribution in [1.29, 1.82) is 0 Å². The Hall–Kier alpha value is -2.62. The zero-order valence-electron chi connectivity index (χ0n) is 13.0. The lowest BCUT2D eigenvalue weighted by Gasteiger charge is -2.18. The standard InChI is InChI=1S/C19H20N2O2/c1-2-12-20-18-11-7-6-10-16(18)13-19(20)17(14-21(22)23)15-8-4-3-5-9-15/h2-9,13,17H,1,10-12,14H2. The largest absolute Gasteiger partial charge is 0.343 e. The van der Waals surface area contributed by atoms with Crippen LogP contribution in [0.2, 0.25) is 0 Å². The second kappa shape index (κ2) is 6.65. The van der Waals surface area contributed by atoms with Crippen LogP contribution in [0.5, 0.6) is 0 Å². The van der Waals surface area contributed by atoms with Gasteiger partial charge in [0.25, 0.3) is 0 Å². The topological polar surface area (TPSA) is 48.1 Å². The lowest BCUT2D eigenvalue weighted by Crippen LogP contribution is -2.18. The Morgan fingerprint density at radius 1 is 1.26 bits per heavy atom. The molecule has 0 amide bonds. The van der Waals surface area contributed by atoms with Crippen LogP contribution in [0.25, 0.3) is 0 Å². The van der Waals surface area contributed by atoms with Crippen molar-refractivity contribution in [2.24, 2.45) is 0 Å². The van der Waals surface area contributed by atoms with Crippen LogP contribution in [0.3, 0.4) is 0 Å². The fourth-order valence-corrected chi connectivity index (χ4v) is 3.33. The first-order chi connectivity index (χ1) is 11.2. The summed E-state index contributed by atoms with van der Waals surface area (Å²) in [5.41, 5.74) is 4.53. The van der Waals surface area contributed by atoms with Crippen LogP contribution < -0.4 is 0 Å². The predicted octanol–water partition coefficient (Wildman–Crippen LogP) is 3.74. The van der Waals surface area contributed by atoms with Crippen molar-refractivity contribution in [2.75, 3.05) is 6.54 Å². The summed E-state index contributed by atoms with van der Waals surface area (Å²) in [5.74, 6) is -0.239. The first-order valence-electron chi connectivity index (χ1n) is 7.84. The second-order valence-electron chi connectivity index (χ2n) is 5.80. The molecule has 0 aliphatic heterocycles. The molecule has 0 saturated carbocycles. The van der Waals surface area contributed by atoms with Crippen molar-refractivity contribution in [3.05, 3.63) is 93.8 Å². The summed E-state index contributed by atoms with van der Waals surface area (Å²) in [6, 6.07) is 11.9. The van der Waals surface area contributed by atoms with E-state index >= 15 is 0 Å². The van der Waals surface area contributed by atoms with Crippen molar-refractivity contribution in [3.63, 3.8) is 0 Å². The third-order valence-corrected chi connectivity index (χ3v) is 4.35. The molecule has 0 spiro atoms. The molecule has 1 aromatic carbocycles.